The molecule has 0 amide bonds. The number of H-pyrrole nitrogens is 3. The van der Waals surface area contributed by atoms with Crippen LogP contribution in [0.4, 0.5) is 0 Å². The van der Waals surface area contributed by atoms with Crippen molar-refractivity contribution < 1.29 is 42.9 Å². The highest BCUT2D eigenvalue weighted by atomic mass is 32.2. The predicted molar refractivity (Wildman–Crippen MR) is 166 cm³/mol. The molecule has 23 heteroatoms. The Morgan fingerprint density at radius 1 is 0.822 bits per heavy atom. The first kappa shape index (κ1) is 44.8. The normalized spacial score (nSPS) is 8.93. The number of carbonyl (C=O) groups is 5. The highest BCUT2D eigenvalue weighted by Crippen LogP contribution is 2.02. The zero-order valence-corrected chi connectivity index (χ0v) is 26.5. The Balaban J connectivity index is -0.000000542. The molecule has 2 aromatic rings. The molecule has 0 aliphatic rings. The van der Waals surface area contributed by atoms with Gasteiger partial charge in [0.2, 0.25) is 11.4 Å². The number of esters is 4. The maximum Gasteiger partial charge on any atom is 0.386 e. The van der Waals surface area contributed by atoms with E-state index in [0.717, 1.165) is 0 Å². The minimum absolute atomic E-state index is 0. The molecule has 0 aliphatic heterocycles. The Kier molecular flexibility index (Phi) is 25.7. The van der Waals surface area contributed by atoms with E-state index in [4.69, 9.17) is 5.73 Å². The van der Waals surface area contributed by atoms with Gasteiger partial charge in [0.1, 0.15) is 0 Å². The highest BCUT2D eigenvalue weighted by molar-refractivity contribution is 7.98. The number of nitrogens with two attached hydrogens (primary N) is 2. The van der Waals surface area contributed by atoms with E-state index in [1.54, 1.807) is 20.1 Å². The summed E-state index contributed by atoms with van der Waals surface area (Å²) in [6.07, 6.45) is 1.74. The van der Waals surface area contributed by atoms with Crippen molar-refractivity contribution >= 4 is 71.0 Å². The van der Waals surface area contributed by atoms with Crippen LogP contribution in [0, 0.1) is 4.77 Å². The quantitative estimate of drug-likeness (QED) is 0.0270. The lowest BCUT2D eigenvalue weighted by Gasteiger charge is -1.99. The smallest absolute Gasteiger partial charge is 0.386 e. The second kappa shape index (κ2) is 25.8. The fourth-order valence-electron chi connectivity index (χ4n) is 1.91. The molecule has 2 aromatic heterocycles. The summed E-state index contributed by atoms with van der Waals surface area (Å²) in [6.45, 7) is 6.87. The average molecular weight is 698 g/mol. The molecule has 2 rings (SSSR count). The number of hydrogen-bond donors (Lipinski definition) is 6. The van der Waals surface area contributed by atoms with Crippen molar-refractivity contribution in [2.45, 2.75) is 40.3 Å². The average Bonchev–Trinajstić information content (AvgIpc) is 2.98. The Labute approximate surface area is 270 Å². The number of nitrogens with one attached hydrogen (secondary N) is 4. The van der Waals surface area contributed by atoms with Gasteiger partial charge in [0, 0.05) is 0 Å². The third-order valence-corrected chi connectivity index (χ3v) is 4.46. The fraction of sp³-hybridized carbons (Fsp3) is 0.455. The SMILES string of the molecule is C.CCOC(=O)C(=O)C(=O)OCC.CCOC(=O)c1n[nH]c(=S)[nH]c1=O.CCOC(=O)c1nnc(SC)[nH]c1=O.NNC(N)=S. The summed E-state index contributed by atoms with van der Waals surface area (Å²) >= 11 is 10.1. The van der Waals surface area contributed by atoms with Crippen molar-refractivity contribution in [3.8, 4) is 0 Å². The van der Waals surface area contributed by atoms with E-state index in [9.17, 15) is 33.6 Å². The number of Topliss-reactive ketones (excluding diaryl/α,β-unsaturated/α-hetero) is 1. The van der Waals surface area contributed by atoms with Crippen LogP contribution in [0.2, 0.25) is 0 Å². The van der Waals surface area contributed by atoms with Crippen molar-refractivity contribution in [2.75, 3.05) is 32.7 Å². The summed E-state index contributed by atoms with van der Waals surface area (Å²) in [7, 11) is 0. The minimum atomic E-state index is -1.27. The van der Waals surface area contributed by atoms with E-state index in [1.807, 2.05) is 5.43 Å². The van der Waals surface area contributed by atoms with Crippen LogP contribution in [0.1, 0.15) is 56.1 Å². The van der Waals surface area contributed by atoms with Crippen molar-refractivity contribution in [1.29, 1.82) is 0 Å². The number of rotatable bonds is 9. The van der Waals surface area contributed by atoms with Gasteiger partial charge in [-0.25, -0.2) is 25.0 Å². The first-order valence-corrected chi connectivity index (χ1v) is 14.0. The zero-order chi connectivity index (χ0) is 34.2. The molecule has 252 valence electrons. The topological polar surface area (TPSA) is 307 Å². The Morgan fingerprint density at radius 2 is 1.24 bits per heavy atom. The van der Waals surface area contributed by atoms with Crippen LogP contribution >= 0.6 is 36.2 Å². The first-order chi connectivity index (χ1) is 20.7. The number of thiocarbonyl (C=S) groups is 1. The molecule has 0 aromatic carbocycles. The molecule has 0 aliphatic carbocycles. The number of aromatic amines is 3. The number of ether oxygens (including phenoxy) is 4. The predicted octanol–water partition coefficient (Wildman–Crippen LogP) is -0.921. The molecule has 2 heterocycles. The van der Waals surface area contributed by atoms with Gasteiger partial charge in [0.15, 0.2) is 15.0 Å². The molecule has 0 saturated carbocycles. The number of hydrazine groups is 1. The van der Waals surface area contributed by atoms with Crippen LogP contribution in [0.3, 0.4) is 0 Å². The molecule has 0 radical (unpaired) electrons. The number of thioether (sulfide) groups is 1. The summed E-state index contributed by atoms with van der Waals surface area (Å²) in [5.41, 5.74) is 4.95. The number of ketones is 1. The largest absolute Gasteiger partial charge is 0.461 e. The first-order valence-electron chi connectivity index (χ1n) is 11.9. The summed E-state index contributed by atoms with van der Waals surface area (Å²) < 4.78 is 17.8. The Bertz CT molecular complexity index is 1430. The third-order valence-electron chi connectivity index (χ3n) is 3.58. The molecule has 0 atom stereocenters. The van der Waals surface area contributed by atoms with Crippen LogP contribution < -0.4 is 28.1 Å². The summed E-state index contributed by atoms with van der Waals surface area (Å²) in [4.78, 5) is 80.9. The van der Waals surface area contributed by atoms with Crippen LogP contribution in [0.25, 0.3) is 0 Å². The van der Waals surface area contributed by atoms with Gasteiger partial charge in [-0.15, -0.1) is 10.2 Å². The maximum absolute atomic E-state index is 11.2. The Hall–Kier alpha value is -4.61. The molecular weight excluding hydrogens is 662 g/mol. The summed E-state index contributed by atoms with van der Waals surface area (Å²) in [6, 6.07) is 0. The number of aromatic nitrogens is 6. The number of carbonyl (C=O) groups excluding carboxylic acids is 5. The van der Waals surface area contributed by atoms with E-state index in [1.165, 1.54) is 25.6 Å². The second-order valence-electron chi connectivity index (χ2n) is 6.59. The maximum atomic E-state index is 11.2. The molecule has 0 spiro atoms. The second-order valence-corrected chi connectivity index (χ2v) is 8.23. The van der Waals surface area contributed by atoms with E-state index in [0.29, 0.717) is 5.16 Å². The van der Waals surface area contributed by atoms with Gasteiger partial charge in [-0.2, -0.15) is 5.10 Å². The van der Waals surface area contributed by atoms with Gasteiger partial charge in [-0.05, 0) is 58.4 Å². The van der Waals surface area contributed by atoms with Gasteiger partial charge in [-0.3, -0.25) is 29.5 Å². The molecule has 0 unspecified atom stereocenters. The van der Waals surface area contributed by atoms with Crippen molar-refractivity contribution in [1.82, 2.24) is 35.8 Å². The van der Waals surface area contributed by atoms with Crippen LogP contribution in [0.5, 0.6) is 0 Å². The molecule has 20 nitrogen and oxygen atoms in total. The van der Waals surface area contributed by atoms with E-state index < -0.39 is 40.8 Å². The lowest BCUT2D eigenvalue weighted by molar-refractivity contribution is -0.164. The highest BCUT2D eigenvalue weighted by Gasteiger charge is 2.25. The van der Waals surface area contributed by atoms with Crippen LogP contribution in [-0.2, 0) is 33.3 Å². The van der Waals surface area contributed by atoms with Crippen molar-refractivity contribution in [2.24, 2.45) is 11.6 Å². The summed E-state index contributed by atoms with van der Waals surface area (Å²) in [5.74, 6) is -0.475. The Morgan fingerprint density at radius 3 is 1.60 bits per heavy atom. The van der Waals surface area contributed by atoms with Crippen LogP contribution in [0.15, 0.2) is 14.7 Å². The molecule has 0 saturated heterocycles. The molecule has 45 heavy (non-hydrogen) atoms. The van der Waals surface area contributed by atoms with Crippen molar-refractivity contribution in [3.63, 3.8) is 0 Å². The van der Waals surface area contributed by atoms with Gasteiger partial charge in [-0.1, -0.05) is 19.2 Å². The lowest BCUT2D eigenvalue weighted by atomic mass is 10.4. The fourth-order valence-corrected chi connectivity index (χ4v) is 2.36. The van der Waals surface area contributed by atoms with Gasteiger partial charge < -0.3 is 30.1 Å². The number of nitrogens with zero attached hydrogens (tertiary/aromatic N) is 3. The lowest BCUT2D eigenvalue weighted by Crippen LogP contribution is -2.34. The van der Waals surface area contributed by atoms with E-state index in [-0.39, 0.29) is 55.1 Å². The third kappa shape index (κ3) is 19.3. The van der Waals surface area contributed by atoms with Crippen LogP contribution in [-0.4, -0.2) is 97.8 Å². The molecule has 0 fully saturated rings. The van der Waals surface area contributed by atoms with Crippen molar-refractivity contribution in [3.05, 3.63) is 36.9 Å². The van der Waals surface area contributed by atoms with Gasteiger partial charge in [0.25, 0.3) is 11.1 Å². The minimum Gasteiger partial charge on any atom is -0.461 e. The zero-order valence-electron chi connectivity index (χ0n) is 24.0. The van der Waals surface area contributed by atoms with E-state index >= 15 is 0 Å². The van der Waals surface area contributed by atoms with Gasteiger partial charge in [0.05, 0.1) is 26.4 Å². The summed E-state index contributed by atoms with van der Waals surface area (Å²) in [5, 5.41) is 13.3. The molecular formula is C22H35N9O11S3. The standard InChI is InChI=1S/C7H9N3O3S.C7H10O5.C6H7N3O3S.CH5N3S.CH4/c1-3-13-6(12)4-5(11)8-7(14-2)10-9-4;1-3-11-6(9)5(8)7(10)12-4-2;1-2-12-5(11)3-4(10)7-6(13)9-8-3;2-1(5)4-3;/h3H2,1-2H3,(H,8,10,11);3-4H2,1-2H3;2H2,1H3,(H2,7,9,10,13);3H2,(H3,2,4,5);1H4. The van der Waals surface area contributed by atoms with Gasteiger partial charge >= 0.3 is 29.7 Å². The van der Waals surface area contributed by atoms with E-state index in [2.05, 4.69) is 79.6 Å². The molecule has 0 bridgehead atoms. The number of hydrogen-bond acceptors (Lipinski definition) is 18. The molecule has 8 N–H and O–H groups in total. The monoisotopic (exact) mass is 697 g/mol.